The summed E-state index contributed by atoms with van der Waals surface area (Å²) in [5.41, 5.74) is 0.946. The fourth-order valence-corrected chi connectivity index (χ4v) is 1.51. The van der Waals surface area contributed by atoms with Crippen LogP contribution in [-0.2, 0) is 6.42 Å². The molecule has 0 fully saturated rings. The van der Waals surface area contributed by atoms with Crippen molar-refractivity contribution in [1.82, 2.24) is 15.3 Å². The summed E-state index contributed by atoms with van der Waals surface area (Å²) < 4.78 is 0. The maximum atomic E-state index is 11.7. The Morgan fingerprint density at radius 1 is 1.17 bits per heavy atom. The molecule has 2 heterocycles. The third-order valence-electron chi connectivity index (χ3n) is 2.39. The lowest BCUT2D eigenvalue weighted by Gasteiger charge is -2.05. The molecule has 0 aromatic carbocycles. The van der Waals surface area contributed by atoms with Crippen LogP contribution in [0.5, 0.6) is 5.75 Å². The highest BCUT2D eigenvalue weighted by Gasteiger charge is 2.10. The first kappa shape index (κ1) is 12.0. The number of amides is 1. The molecular weight excluding hydrogens is 230 g/mol. The highest BCUT2D eigenvalue weighted by Crippen LogP contribution is 2.11. The summed E-state index contributed by atoms with van der Waals surface area (Å²) in [5, 5.41) is 12.1. The minimum atomic E-state index is -0.385. The SMILES string of the molecule is O=C(NCCc1ccccn1)c1ncccc1O. The van der Waals surface area contributed by atoms with Gasteiger partial charge in [0.15, 0.2) is 5.69 Å². The van der Waals surface area contributed by atoms with Crippen molar-refractivity contribution in [3.63, 3.8) is 0 Å². The van der Waals surface area contributed by atoms with Gasteiger partial charge in [-0.05, 0) is 24.3 Å². The summed E-state index contributed by atoms with van der Waals surface area (Å²) in [6.07, 6.45) is 3.81. The zero-order valence-electron chi connectivity index (χ0n) is 9.71. The molecule has 0 aliphatic heterocycles. The van der Waals surface area contributed by atoms with Gasteiger partial charge in [0.1, 0.15) is 5.75 Å². The van der Waals surface area contributed by atoms with Crippen LogP contribution in [0, 0.1) is 0 Å². The van der Waals surface area contributed by atoms with Crippen molar-refractivity contribution in [2.45, 2.75) is 6.42 Å². The maximum Gasteiger partial charge on any atom is 0.273 e. The van der Waals surface area contributed by atoms with Crippen molar-refractivity contribution < 1.29 is 9.90 Å². The molecule has 2 N–H and O–H groups in total. The molecule has 2 aromatic rings. The molecule has 1 amide bonds. The van der Waals surface area contributed by atoms with Crippen LogP contribution in [-0.4, -0.2) is 27.5 Å². The topological polar surface area (TPSA) is 75.1 Å². The lowest BCUT2D eigenvalue weighted by atomic mass is 10.2. The van der Waals surface area contributed by atoms with Crippen molar-refractivity contribution in [2.24, 2.45) is 0 Å². The molecule has 5 heteroatoms. The largest absolute Gasteiger partial charge is 0.505 e. The number of hydrogen-bond acceptors (Lipinski definition) is 4. The van der Waals surface area contributed by atoms with Gasteiger partial charge in [-0.15, -0.1) is 0 Å². The summed E-state index contributed by atoms with van der Waals surface area (Å²) in [7, 11) is 0. The second kappa shape index (κ2) is 5.77. The molecule has 0 radical (unpaired) electrons. The third-order valence-corrected chi connectivity index (χ3v) is 2.39. The predicted octanol–water partition coefficient (Wildman–Crippen LogP) is 1.15. The van der Waals surface area contributed by atoms with Crippen LogP contribution in [0.2, 0.25) is 0 Å². The van der Waals surface area contributed by atoms with E-state index >= 15 is 0 Å². The molecule has 0 unspecified atom stereocenters. The van der Waals surface area contributed by atoms with E-state index in [-0.39, 0.29) is 17.4 Å². The van der Waals surface area contributed by atoms with Crippen molar-refractivity contribution in [3.8, 4) is 5.75 Å². The van der Waals surface area contributed by atoms with E-state index in [0.717, 1.165) is 5.69 Å². The Hall–Kier alpha value is -2.43. The minimum absolute atomic E-state index is 0.0403. The van der Waals surface area contributed by atoms with Gasteiger partial charge in [-0.25, -0.2) is 4.98 Å². The van der Waals surface area contributed by atoms with Gasteiger partial charge in [0, 0.05) is 31.1 Å². The smallest absolute Gasteiger partial charge is 0.273 e. The van der Waals surface area contributed by atoms with Gasteiger partial charge in [-0.3, -0.25) is 9.78 Å². The third kappa shape index (κ3) is 3.04. The fourth-order valence-electron chi connectivity index (χ4n) is 1.51. The second-order valence-corrected chi connectivity index (χ2v) is 3.70. The van der Waals surface area contributed by atoms with Crippen LogP contribution in [0.3, 0.4) is 0 Å². The molecule has 0 spiro atoms. The van der Waals surface area contributed by atoms with Gasteiger partial charge in [-0.1, -0.05) is 6.07 Å². The molecule has 5 nitrogen and oxygen atoms in total. The molecule has 0 aliphatic carbocycles. The highest BCUT2D eigenvalue weighted by molar-refractivity contribution is 5.94. The molecule has 2 rings (SSSR count). The van der Waals surface area contributed by atoms with Gasteiger partial charge in [0.25, 0.3) is 5.91 Å². The van der Waals surface area contributed by atoms with Crippen LogP contribution < -0.4 is 5.32 Å². The number of hydrogen-bond donors (Lipinski definition) is 2. The first-order valence-electron chi connectivity index (χ1n) is 5.59. The normalized spacial score (nSPS) is 10.0. The summed E-state index contributed by atoms with van der Waals surface area (Å²) >= 11 is 0. The van der Waals surface area contributed by atoms with Crippen LogP contribution in [0.15, 0.2) is 42.7 Å². The van der Waals surface area contributed by atoms with Crippen molar-refractivity contribution in [1.29, 1.82) is 0 Å². The number of nitrogens with one attached hydrogen (secondary N) is 1. The molecular formula is C13H13N3O2. The Morgan fingerprint density at radius 2 is 2.00 bits per heavy atom. The number of carbonyl (C=O) groups excluding carboxylic acids is 1. The lowest BCUT2D eigenvalue weighted by Crippen LogP contribution is -2.26. The first-order valence-corrected chi connectivity index (χ1v) is 5.59. The zero-order chi connectivity index (χ0) is 12.8. The number of nitrogens with zero attached hydrogens (tertiary/aromatic N) is 2. The quantitative estimate of drug-likeness (QED) is 0.844. The lowest BCUT2D eigenvalue weighted by molar-refractivity contribution is 0.0946. The van der Waals surface area contributed by atoms with Crippen molar-refractivity contribution in [3.05, 3.63) is 54.1 Å². The van der Waals surface area contributed by atoms with E-state index in [4.69, 9.17) is 0 Å². The van der Waals surface area contributed by atoms with E-state index < -0.39 is 0 Å². The van der Waals surface area contributed by atoms with E-state index in [0.29, 0.717) is 13.0 Å². The highest BCUT2D eigenvalue weighted by atomic mass is 16.3. The molecule has 18 heavy (non-hydrogen) atoms. The Morgan fingerprint density at radius 3 is 2.72 bits per heavy atom. The summed E-state index contributed by atoms with van der Waals surface area (Å²) in [6, 6.07) is 8.63. The number of aromatic nitrogens is 2. The maximum absolute atomic E-state index is 11.7. The summed E-state index contributed by atoms with van der Waals surface area (Å²) in [5.74, 6) is -0.503. The van der Waals surface area contributed by atoms with Crippen molar-refractivity contribution >= 4 is 5.91 Å². The average molecular weight is 243 g/mol. The van der Waals surface area contributed by atoms with Crippen LogP contribution in [0.25, 0.3) is 0 Å². The average Bonchev–Trinajstić information content (AvgIpc) is 2.40. The van der Waals surface area contributed by atoms with E-state index in [1.54, 1.807) is 12.3 Å². The minimum Gasteiger partial charge on any atom is -0.505 e. The van der Waals surface area contributed by atoms with Crippen LogP contribution in [0.1, 0.15) is 16.2 Å². The number of carbonyl (C=O) groups is 1. The van der Waals surface area contributed by atoms with Crippen molar-refractivity contribution in [2.75, 3.05) is 6.54 Å². The molecule has 2 aromatic heterocycles. The monoisotopic (exact) mass is 243 g/mol. The molecule has 0 saturated heterocycles. The van der Waals surface area contributed by atoms with E-state index in [2.05, 4.69) is 15.3 Å². The fraction of sp³-hybridized carbons (Fsp3) is 0.154. The Balaban J connectivity index is 1.88. The van der Waals surface area contributed by atoms with Crippen LogP contribution >= 0.6 is 0 Å². The van der Waals surface area contributed by atoms with Gasteiger partial charge in [-0.2, -0.15) is 0 Å². The van der Waals surface area contributed by atoms with Gasteiger partial charge >= 0.3 is 0 Å². The molecule has 0 saturated carbocycles. The van der Waals surface area contributed by atoms with E-state index in [1.165, 1.54) is 12.3 Å². The molecule has 0 atom stereocenters. The predicted molar refractivity (Wildman–Crippen MR) is 66.2 cm³/mol. The number of pyridine rings is 2. The first-order chi connectivity index (χ1) is 8.77. The zero-order valence-corrected chi connectivity index (χ0v) is 9.71. The van der Waals surface area contributed by atoms with Gasteiger partial charge < -0.3 is 10.4 Å². The van der Waals surface area contributed by atoms with E-state index in [9.17, 15) is 9.90 Å². The Kier molecular flexibility index (Phi) is 3.86. The number of aromatic hydroxyl groups is 1. The van der Waals surface area contributed by atoms with Gasteiger partial charge in [0.2, 0.25) is 0 Å². The standard InChI is InChI=1S/C13H13N3O2/c17-11-5-3-8-15-12(11)13(18)16-9-6-10-4-1-2-7-14-10/h1-5,7-8,17H,6,9H2,(H,16,18). The number of rotatable bonds is 4. The van der Waals surface area contributed by atoms with Gasteiger partial charge in [0.05, 0.1) is 0 Å². The summed E-state index contributed by atoms with van der Waals surface area (Å²) in [6.45, 7) is 0.450. The molecule has 92 valence electrons. The second-order valence-electron chi connectivity index (χ2n) is 3.70. The summed E-state index contributed by atoms with van der Waals surface area (Å²) in [4.78, 5) is 19.7. The Bertz CT molecular complexity index is 529. The van der Waals surface area contributed by atoms with Crippen LogP contribution in [0.4, 0.5) is 0 Å². The molecule has 0 bridgehead atoms. The van der Waals surface area contributed by atoms with E-state index in [1.807, 2.05) is 18.2 Å². The molecule has 0 aliphatic rings. The Labute approximate surface area is 105 Å².